The van der Waals surface area contributed by atoms with Crippen molar-refractivity contribution in [2.45, 2.75) is 12.1 Å². The second-order valence-electron chi connectivity index (χ2n) is 1.67. The fourth-order valence-electron chi connectivity index (χ4n) is 0.195. The van der Waals surface area contributed by atoms with Crippen molar-refractivity contribution in [3.63, 3.8) is 0 Å². The summed E-state index contributed by atoms with van der Waals surface area (Å²) in [5, 5.41) is 8.14. The maximum Gasteiger partial charge on any atom is 0.338 e. The van der Waals surface area contributed by atoms with Gasteiger partial charge in [-0.2, -0.15) is 0 Å². The van der Waals surface area contributed by atoms with E-state index in [2.05, 4.69) is 0 Å². The van der Waals surface area contributed by atoms with Gasteiger partial charge in [-0.3, -0.25) is 4.79 Å². The molecule has 0 aliphatic rings. The van der Waals surface area contributed by atoms with Crippen molar-refractivity contribution >= 4 is 12.3 Å². The number of nitrogens with two attached hydrogens (primary N) is 2. The number of hydrogen-bond donors (Lipinski definition) is 3. The van der Waals surface area contributed by atoms with Crippen LogP contribution >= 0.6 is 0 Å². The van der Waals surface area contributed by atoms with Gasteiger partial charge in [0.15, 0.2) is 5.66 Å². The molecule has 0 spiro atoms. The van der Waals surface area contributed by atoms with Crippen LogP contribution in [0.2, 0.25) is 0 Å². The van der Waals surface area contributed by atoms with E-state index in [9.17, 15) is 9.59 Å². The van der Waals surface area contributed by atoms with Gasteiger partial charge in [-0.15, -0.1) is 0 Å². The predicted octanol–water partition coefficient (Wildman–Crippen LogP) is -1.82. The maximum absolute atomic E-state index is 9.98. The lowest BCUT2D eigenvalue weighted by Gasteiger charge is -2.13. The van der Waals surface area contributed by atoms with E-state index in [1.807, 2.05) is 0 Å². The summed E-state index contributed by atoms with van der Waals surface area (Å²) in [6.45, 7) is 0. The SMILES string of the molecule is NC(N)(C[C]=O)C(=O)O. The summed E-state index contributed by atoms with van der Waals surface area (Å²) < 4.78 is 0. The smallest absolute Gasteiger partial charge is 0.338 e. The van der Waals surface area contributed by atoms with Gasteiger partial charge in [0.2, 0.25) is 6.29 Å². The van der Waals surface area contributed by atoms with Crippen LogP contribution < -0.4 is 11.5 Å². The Morgan fingerprint density at radius 2 is 2.11 bits per heavy atom. The van der Waals surface area contributed by atoms with E-state index in [4.69, 9.17) is 16.6 Å². The summed E-state index contributed by atoms with van der Waals surface area (Å²) in [4.78, 5) is 19.6. The molecule has 0 amide bonds. The van der Waals surface area contributed by atoms with Crippen LogP contribution in [0.1, 0.15) is 6.42 Å². The maximum atomic E-state index is 9.98. The molecule has 0 saturated carbocycles. The zero-order chi connectivity index (χ0) is 7.49. The Hall–Kier alpha value is -0.940. The molecule has 0 aliphatic carbocycles. The third-order valence-corrected chi connectivity index (χ3v) is 0.763. The zero-order valence-electron chi connectivity index (χ0n) is 4.63. The summed E-state index contributed by atoms with van der Waals surface area (Å²) in [7, 11) is 0. The van der Waals surface area contributed by atoms with Gasteiger partial charge in [0.05, 0.1) is 6.42 Å². The highest BCUT2D eigenvalue weighted by atomic mass is 16.4. The summed E-state index contributed by atoms with van der Waals surface area (Å²) in [6, 6.07) is 0. The van der Waals surface area contributed by atoms with Crippen molar-refractivity contribution in [2.24, 2.45) is 11.5 Å². The van der Waals surface area contributed by atoms with Crippen LogP contribution in [-0.2, 0) is 9.59 Å². The number of carboxylic acid groups (broad SMARTS) is 1. The molecule has 0 heterocycles. The molecule has 0 aromatic rings. The first-order valence-electron chi connectivity index (χ1n) is 2.17. The van der Waals surface area contributed by atoms with E-state index in [1.165, 1.54) is 6.29 Å². The van der Waals surface area contributed by atoms with Crippen molar-refractivity contribution in [3.8, 4) is 0 Å². The fraction of sp³-hybridized carbons (Fsp3) is 0.500. The van der Waals surface area contributed by atoms with Crippen LogP contribution in [0.5, 0.6) is 0 Å². The summed E-state index contributed by atoms with van der Waals surface area (Å²) >= 11 is 0. The molecular weight excluding hydrogens is 124 g/mol. The minimum absolute atomic E-state index is 0.498. The van der Waals surface area contributed by atoms with E-state index in [1.54, 1.807) is 0 Å². The van der Waals surface area contributed by atoms with E-state index in [0.717, 1.165) is 0 Å². The number of carbonyl (C=O) groups is 1. The molecule has 51 valence electrons. The van der Waals surface area contributed by atoms with Crippen LogP contribution in [0.15, 0.2) is 0 Å². The molecule has 0 unspecified atom stereocenters. The van der Waals surface area contributed by atoms with E-state index < -0.39 is 18.1 Å². The molecule has 0 fully saturated rings. The zero-order valence-corrected chi connectivity index (χ0v) is 4.63. The first-order valence-corrected chi connectivity index (χ1v) is 2.17. The molecule has 0 atom stereocenters. The van der Waals surface area contributed by atoms with E-state index in [0.29, 0.717) is 0 Å². The van der Waals surface area contributed by atoms with Crippen LogP contribution in [0, 0.1) is 0 Å². The number of carboxylic acids is 1. The second-order valence-corrected chi connectivity index (χ2v) is 1.67. The van der Waals surface area contributed by atoms with E-state index >= 15 is 0 Å². The van der Waals surface area contributed by atoms with Crippen molar-refractivity contribution in [3.05, 3.63) is 0 Å². The molecule has 0 aliphatic heterocycles. The molecule has 5 N–H and O–H groups in total. The molecule has 9 heavy (non-hydrogen) atoms. The minimum atomic E-state index is -1.96. The van der Waals surface area contributed by atoms with Gasteiger partial charge in [0, 0.05) is 0 Å². The molecule has 0 bridgehead atoms. The topological polar surface area (TPSA) is 106 Å². The lowest BCUT2D eigenvalue weighted by Crippen LogP contribution is -2.56. The normalized spacial score (nSPS) is 10.9. The number of carbonyl (C=O) groups excluding carboxylic acids is 1. The Kier molecular flexibility index (Phi) is 2.29. The highest BCUT2D eigenvalue weighted by Crippen LogP contribution is 1.93. The van der Waals surface area contributed by atoms with Crippen LogP contribution in [0.4, 0.5) is 0 Å². The minimum Gasteiger partial charge on any atom is -0.479 e. The summed E-state index contributed by atoms with van der Waals surface area (Å²) in [5.74, 6) is -1.41. The number of rotatable bonds is 3. The predicted molar refractivity (Wildman–Crippen MR) is 29.1 cm³/mol. The Labute approximate surface area is 51.6 Å². The highest BCUT2D eigenvalue weighted by molar-refractivity contribution is 5.80. The van der Waals surface area contributed by atoms with Crippen LogP contribution in [0.25, 0.3) is 0 Å². The Balaban J connectivity index is 4.00. The molecule has 1 radical (unpaired) electrons. The van der Waals surface area contributed by atoms with E-state index in [-0.39, 0.29) is 0 Å². The van der Waals surface area contributed by atoms with Crippen molar-refractivity contribution < 1.29 is 14.7 Å². The van der Waals surface area contributed by atoms with Crippen molar-refractivity contribution in [2.75, 3.05) is 0 Å². The average Bonchev–Trinajstić information content (AvgIpc) is 1.65. The van der Waals surface area contributed by atoms with Gasteiger partial charge in [-0.25, -0.2) is 4.79 Å². The molecular formula is C4H7N2O3. The highest BCUT2D eigenvalue weighted by Gasteiger charge is 2.28. The molecule has 0 aromatic heterocycles. The fourth-order valence-corrected chi connectivity index (χ4v) is 0.195. The van der Waals surface area contributed by atoms with Crippen LogP contribution in [-0.4, -0.2) is 23.0 Å². The van der Waals surface area contributed by atoms with Gasteiger partial charge < -0.3 is 16.6 Å². The third-order valence-electron chi connectivity index (χ3n) is 0.763. The number of hydrogen-bond acceptors (Lipinski definition) is 4. The number of aliphatic carboxylic acids is 1. The first kappa shape index (κ1) is 8.06. The quantitative estimate of drug-likeness (QED) is 0.391. The lowest BCUT2D eigenvalue weighted by atomic mass is 10.1. The monoisotopic (exact) mass is 131 g/mol. The van der Waals surface area contributed by atoms with Gasteiger partial charge in [-0.1, -0.05) is 0 Å². The van der Waals surface area contributed by atoms with Crippen molar-refractivity contribution in [1.82, 2.24) is 0 Å². The molecule has 0 rings (SSSR count). The van der Waals surface area contributed by atoms with Crippen molar-refractivity contribution in [1.29, 1.82) is 0 Å². The van der Waals surface area contributed by atoms with Crippen LogP contribution in [0.3, 0.4) is 0 Å². The van der Waals surface area contributed by atoms with Gasteiger partial charge in [-0.05, 0) is 0 Å². The molecule has 0 saturated heterocycles. The first-order chi connectivity index (χ1) is 4.00. The van der Waals surface area contributed by atoms with Gasteiger partial charge >= 0.3 is 5.97 Å². The average molecular weight is 131 g/mol. The third kappa shape index (κ3) is 2.20. The van der Waals surface area contributed by atoms with Gasteiger partial charge in [0.25, 0.3) is 0 Å². The summed E-state index contributed by atoms with van der Waals surface area (Å²) in [5.41, 5.74) is 7.81. The summed E-state index contributed by atoms with van der Waals surface area (Å²) in [6.07, 6.45) is 0.811. The Bertz CT molecular complexity index is 132. The standard InChI is InChI=1S/C4H7N2O3/c5-4(6,1-2-7)3(8)9/h1,5-6H2,(H,8,9). The Morgan fingerprint density at radius 1 is 1.67 bits per heavy atom. The largest absolute Gasteiger partial charge is 0.479 e. The van der Waals surface area contributed by atoms with Gasteiger partial charge in [0.1, 0.15) is 0 Å². The molecule has 0 aromatic carbocycles. The lowest BCUT2D eigenvalue weighted by molar-refractivity contribution is -0.142. The molecule has 5 heteroatoms. The second kappa shape index (κ2) is 2.56. The molecule has 5 nitrogen and oxygen atoms in total. The Morgan fingerprint density at radius 3 is 2.22 bits per heavy atom.